The van der Waals surface area contributed by atoms with E-state index in [0.29, 0.717) is 11.5 Å². The summed E-state index contributed by atoms with van der Waals surface area (Å²) in [5.41, 5.74) is 1.68. The standard InChI is InChI=1S/C13H22N2S/c1-4-7-14-11(3)13(5-6-13)8-12-15-10(2)9-16-12/h9,11,14H,4-8H2,1-3H3. The maximum atomic E-state index is 4.59. The number of hydrogen-bond acceptors (Lipinski definition) is 3. The fraction of sp³-hybridized carbons (Fsp3) is 0.769. The molecule has 1 saturated carbocycles. The second-order valence-electron chi connectivity index (χ2n) is 5.10. The van der Waals surface area contributed by atoms with Gasteiger partial charge in [0.15, 0.2) is 0 Å². The van der Waals surface area contributed by atoms with Crippen molar-refractivity contribution in [2.75, 3.05) is 6.54 Å². The minimum absolute atomic E-state index is 0.513. The molecule has 16 heavy (non-hydrogen) atoms. The highest BCUT2D eigenvalue weighted by molar-refractivity contribution is 7.09. The third-order valence-electron chi connectivity index (χ3n) is 3.68. The Bertz CT molecular complexity index is 341. The van der Waals surface area contributed by atoms with E-state index >= 15 is 0 Å². The first kappa shape index (κ1) is 12.1. The van der Waals surface area contributed by atoms with Crippen molar-refractivity contribution in [3.8, 4) is 0 Å². The van der Waals surface area contributed by atoms with Crippen LogP contribution in [0.2, 0.25) is 0 Å². The Morgan fingerprint density at radius 2 is 2.31 bits per heavy atom. The fourth-order valence-electron chi connectivity index (χ4n) is 2.29. The second kappa shape index (κ2) is 4.84. The summed E-state index contributed by atoms with van der Waals surface area (Å²) in [6, 6.07) is 0.636. The minimum Gasteiger partial charge on any atom is -0.314 e. The van der Waals surface area contributed by atoms with Crippen molar-refractivity contribution in [2.24, 2.45) is 5.41 Å². The maximum Gasteiger partial charge on any atom is 0.0934 e. The summed E-state index contributed by atoms with van der Waals surface area (Å²) in [5, 5.41) is 7.12. The lowest BCUT2D eigenvalue weighted by atomic mass is 9.94. The zero-order valence-corrected chi connectivity index (χ0v) is 11.4. The molecule has 0 aliphatic heterocycles. The molecule has 1 aromatic rings. The Hall–Kier alpha value is -0.410. The van der Waals surface area contributed by atoms with Gasteiger partial charge in [-0.2, -0.15) is 0 Å². The lowest BCUT2D eigenvalue weighted by Crippen LogP contribution is -2.36. The molecule has 90 valence electrons. The van der Waals surface area contributed by atoms with Crippen LogP contribution in [0.15, 0.2) is 5.38 Å². The van der Waals surface area contributed by atoms with Gasteiger partial charge in [-0.3, -0.25) is 0 Å². The highest BCUT2D eigenvalue weighted by Crippen LogP contribution is 2.51. The third-order valence-corrected chi connectivity index (χ3v) is 4.65. The molecule has 1 aliphatic rings. The van der Waals surface area contributed by atoms with Crippen LogP contribution >= 0.6 is 11.3 Å². The van der Waals surface area contributed by atoms with Gasteiger partial charge in [-0.1, -0.05) is 6.92 Å². The number of aromatic nitrogens is 1. The van der Waals surface area contributed by atoms with Crippen LogP contribution < -0.4 is 5.32 Å². The van der Waals surface area contributed by atoms with Crippen LogP contribution in [0.1, 0.15) is 43.8 Å². The van der Waals surface area contributed by atoms with Crippen molar-refractivity contribution in [1.82, 2.24) is 10.3 Å². The number of rotatable bonds is 6. The van der Waals surface area contributed by atoms with Crippen LogP contribution in [0.5, 0.6) is 0 Å². The van der Waals surface area contributed by atoms with Gasteiger partial charge in [0.2, 0.25) is 0 Å². The first-order valence-corrected chi connectivity index (χ1v) is 7.18. The van der Waals surface area contributed by atoms with Crippen molar-refractivity contribution < 1.29 is 0 Å². The minimum atomic E-state index is 0.513. The Morgan fingerprint density at radius 3 is 2.81 bits per heavy atom. The van der Waals surface area contributed by atoms with Gasteiger partial charge in [0.25, 0.3) is 0 Å². The number of thiazole rings is 1. The summed E-state index contributed by atoms with van der Waals surface area (Å²) < 4.78 is 0. The molecular weight excluding hydrogens is 216 g/mol. The van der Waals surface area contributed by atoms with E-state index in [-0.39, 0.29) is 0 Å². The Balaban J connectivity index is 1.92. The van der Waals surface area contributed by atoms with E-state index in [0.717, 1.165) is 6.54 Å². The van der Waals surface area contributed by atoms with Crippen LogP contribution in [0, 0.1) is 12.3 Å². The summed E-state index contributed by atoms with van der Waals surface area (Å²) in [4.78, 5) is 4.59. The van der Waals surface area contributed by atoms with Crippen LogP contribution in [-0.4, -0.2) is 17.6 Å². The van der Waals surface area contributed by atoms with Gasteiger partial charge >= 0.3 is 0 Å². The van der Waals surface area contributed by atoms with Gasteiger partial charge in [0.1, 0.15) is 0 Å². The first-order chi connectivity index (χ1) is 7.66. The first-order valence-electron chi connectivity index (χ1n) is 6.31. The normalized spacial score (nSPS) is 19.7. The molecule has 3 heteroatoms. The van der Waals surface area contributed by atoms with Gasteiger partial charge in [-0.15, -0.1) is 11.3 Å². The molecule has 1 N–H and O–H groups in total. The monoisotopic (exact) mass is 238 g/mol. The molecule has 1 heterocycles. The predicted molar refractivity (Wildman–Crippen MR) is 70.0 cm³/mol. The van der Waals surface area contributed by atoms with Gasteiger partial charge in [0.05, 0.1) is 5.01 Å². The molecule has 0 radical (unpaired) electrons. The average molecular weight is 238 g/mol. The molecule has 0 spiro atoms. The van der Waals surface area contributed by atoms with Crippen LogP contribution in [-0.2, 0) is 6.42 Å². The Kier molecular flexibility index (Phi) is 3.65. The number of nitrogens with one attached hydrogen (secondary N) is 1. The van der Waals surface area contributed by atoms with Gasteiger partial charge < -0.3 is 5.32 Å². The Morgan fingerprint density at radius 1 is 1.56 bits per heavy atom. The van der Waals surface area contributed by atoms with E-state index in [4.69, 9.17) is 0 Å². The molecule has 1 aromatic heterocycles. The number of nitrogens with zero attached hydrogens (tertiary/aromatic N) is 1. The smallest absolute Gasteiger partial charge is 0.0934 e. The SMILES string of the molecule is CCCNC(C)C1(Cc2nc(C)cs2)CC1. The molecule has 0 saturated heterocycles. The fourth-order valence-corrected chi connectivity index (χ4v) is 3.21. The van der Waals surface area contributed by atoms with Crippen molar-refractivity contribution in [1.29, 1.82) is 0 Å². The maximum absolute atomic E-state index is 4.59. The Labute approximate surface area is 102 Å². The van der Waals surface area contributed by atoms with Crippen LogP contribution in [0.3, 0.4) is 0 Å². The summed E-state index contributed by atoms with van der Waals surface area (Å²) in [7, 11) is 0. The van der Waals surface area contributed by atoms with E-state index in [1.165, 1.54) is 36.4 Å². The van der Waals surface area contributed by atoms with E-state index in [2.05, 4.69) is 36.5 Å². The largest absolute Gasteiger partial charge is 0.314 e. The predicted octanol–water partition coefficient (Wildman–Crippen LogP) is 3.16. The zero-order valence-electron chi connectivity index (χ0n) is 10.5. The molecule has 0 bridgehead atoms. The van der Waals surface area contributed by atoms with E-state index in [9.17, 15) is 0 Å². The van der Waals surface area contributed by atoms with Crippen molar-refractivity contribution in [3.05, 3.63) is 16.1 Å². The van der Waals surface area contributed by atoms with E-state index < -0.39 is 0 Å². The summed E-state index contributed by atoms with van der Waals surface area (Å²) >= 11 is 1.82. The van der Waals surface area contributed by atoms with Crippen LogP contribution in [0.4, 0.5) is 0 Å². The van der Waals surface area contributed by atoms with Crippen molar-refractivity contribution >= 4 is 11.3 Å². The molecule has 0 amide bonds. The van der Waals surface area contributed by atoms with Gasteiger partial charge in [0, 0.05) is 23.5 Å². The summed E-state index contributed by atoms with van der Waals surface area (Å²) in [6.07, 6.45) is 5.12. The van der Waals surface area contributed by atoms with E-state index in [1.54, 1.807) is 0 Å². The highest BCUT2D eigenvalue weighted by Gasteiger charge is 2.47. The van der Waals surface area contributed by atoms with Crippen molar-refractivity contribution in [3.63, 3.8) is 0 Å². The molecule has 1 aliphatic carbocycles. The lowest BCUT2D eigenvalue weighted by molar-refractivity contribution is 0.350. The van der Waals surface area contributed by atoms with Gasteiger partial charge in [-0.25, -0.2) is 4.98 Å². The molecular formula is C13H22N2S. The quantitative estimate of drug-likeness (QED) is 0.823. The van der Waals surface area contributed by atoms with Crippen molar-refractivity contribution in [2.45, 2.75) is 52.5 Å². The highest BCUT2D eigenvalue weighted by atomic mass is 32.1. The van der Waals surface area contributed by atoms with Gasteiger partial charge in [-0.05, 0) is 45.1 Å². The molecule has 1 fully saturated rings. The summed E-state index contributed by atoms with van der Waals surface area (Å²) in [6.45, 7) is 7.78. The third kappa shape index (κ3) is 2.64. The lowest BCUT2D eigenvalue weighted by Gasteiger charge is -2.23. The topological polar surface area (TPSA) is 24.9 Å². The van der Waals surface area contributed by atoms with Crippen LogP contribution in [0.25, 0.3) is 0 Å². The molecule has 1 unspecified atom stereocenters. The number of hydrogen-bond donors (Lipinski definition) is 1. The zero-order chi connectivity index (χ0) is 11.6. The number of aryl methyl sites for hydroxylation is 1. The second-order valence-corrected chi connectivity index (χ2v) is 6.04. The molecule has 0 aromatic carbocycles. The summed E-state index contributed by atoms with van der Waals surface area (Å²) in [5.74, 6) is 0. The molecule has 2 nitrogen and oxygen atoms in total. The average Bonchev–Trinajstić information content (AvgIpc) is 2.93. The molecule has 2 rings (SSSR count). The molecule has 1 atom stereocenters. The van der Waals surface area contributed by atoms with E-state index in [1.807, 2.05) is 11.3 Å².